The summed E-state index contributed by atoms with van der Waals surface area (Å²) in [6.07, 6.45) is 0.417. The van der Waals surface area contributed by atoms with Crippen molar-refractivity contribution in [2.75, 3.05) is 20.2 Å². The van der Waals surface area contributed by atoms with Crippen molar-refractivity contribution in [3.63, 3.8) is 0 Å². The largest absolute Gasteiger partial charge is 0.469 e. The first-order valence-electron chi connectivity index (χ1n) is 5.48. The highest BCUT2D eigenvalue weighted by Crippen LogP contribution is 2.30. The van der Waals surface area contributed by atoms with Gasteiger partial charge in [0.2, 0.25) is 0 Å². The zero-order valence-electron chi connectivity index (χ0n) is 10.4. The third kappa shape index (κ3) is 4.77. The Hall–Kier alpha value is -0.390. The molecule has 0 aromatic carbocycles. The Morgan fingerprint density at radius 1 is 1.59 bits per heavy atom. The normalized spacial score (nSPS) is 11.5. The van der Waals surface area contributed by atoms with E-state index >= 15 is 0 Å². The Labute approximate surface area is 115 Å². The molecule has 0 saturated carbocycles. The second-order valence-electron chi connectivity index (χ2n) is 4.52. The lowest BCUT2D eigenvalue weighted by molar-refractivity contribution is -0.140. The summed E-state index contributed by atoms with van der Waals surface area (Å²) in [4.78, 5) is 12.3. The van der Waals surface area contributed by atoms with E-state index in [4.69, 9.17) is 0 Å². The van der Waals surface area contributed by atoms with Crippen molar-refractivity contribution in [2.45, 2.75) is 25.7 Å². The first kappa shape index (κ1) is 14.7. The Bertz CT molecular complexity index is 376. The van der Waals surface area contributed by atoms with Gasteiger partial charge in [-0.1, -0.05) is 13.8 Å². The number of carbonyl (C=O) groups excluding carboxylic acids is 1. The molecule has 1 aromatic rings. The van der Waals surface area contributed by atoms with E-state index in [-0.39, 0.29) is 11.4 Å². The van der Waals surface area contributed by atoms with E-state index in [1.807, 2.05) is 0 Å². The first-order chi connectivity index (χ1) is 7.95. The third-order valence-electron chi connectivity index (χ3n) is 2.54. The third-order valence-corrected chi connectivity index (χ3v) is 4.59. The number of halogens is 1. The smallest absolute Gasteiger partial charge is 0.306 e. The number of thiophene rings is 1. The van der Waals surface area contributed by atoms with Gasteiger partial charge in [-0.05, 0) is 22.0 Å². The average molecular weight is 320 g/mol. The highest BCUT2D eigenvalue weighted by molar-refractivity contribution is 9.10. The molecule has 96 valence electrons. The quantitative estimate of drug-likeness (QED) is 0.647. The van der Waals surface area contributed by atoms with Crippen LogP contribution in [0.1, 0.15) is 25.1 Å². The van der Waals surface area contributed by atoms with Crippen molar-refractivity contribution >= 4 is 33.2 Å². The van der Waals surface area contributed by atoms with E-state index in [1.165, 1.54) is 12.0 Å². The van der Waals surface area contributed by atoms with Crippen LogP contribution in [0, 0.1) is 0 Å². The SMILES string of the molecule is COC(=O)CCNCC(C)(C)c1cc(Br)cs1. The standard InChI is InChI=1S/C12H18BrNO2S/c1-12(2,10-6-9(13)7-17-10)8-14-5-4-11(15)16-3/h6-7,14H,4-5,8H2,1-3H3. The predicted octanol–water partition coefficient (Wildman–Crippen LogP) is 2.94. The number of carbonyl (C=O) groups is 1. The molecule has 0 radical (unpaired) electrons. The summed E-state index contributed by atoms with van der Waals surface area (Å²) >= 11 is 5.21. The van der Waals surface area contributed by atoms with Crippen molar-refractivity contribution in [2.24, 2.45) is 0 Å². The highest BCUT2D eigenvalue weighted by Gasteiger charge is 2.21. The predicted molar refractivity (Wildman–Crippen MR) is 74.5 cm³/mol. The lowest BCUT2D eigenvalue weighted by Gasteiger charge is -2.23. The summed E-state index contributed by atoms with van der Waals surface area (Å²) in [5, 5.41) is 5.38. The molecule has 1 aromatic heterocycles. The van der Waals surface area contributed by atoms with E-state index in [0.29, 0.717) is 13.0 Å². The van der Waals surface area contributed by atoms with Gasteiger partial charge in [-0.25, -0.2) is 0 Å². The molecular formula is C12H18BrNO2S. The fourth-order valence-electron chi connectivity index (χ4n) is 1.45. The van der Waals surface area contributed by atoms with Crippen LogP contribution in [0.25, 0.3) is 0 Å². The van der Waals surface area contributed by atoms with Crippen LogP contribution in [-0.4, -0.2) is 26.2 Å². The van der Waals surface area contributed by atoms with Crippen LogP contribution in [0.2, 0.25) is 0 Å². The molecule has 5 heteroatoms. The van der Waals surface area contributed by atoms with Crippen LogP contribution in [0.4, 0.5) is 0 Å². The molecule has 1 rings (SSSR count). The topological polar surface area (TPSA) is 38.3 Å². The van der Waals surface area contributed by atoms with E-state index < -0.39 is 0 Å². The van der Waals surface area contributed by atoms with Crippen LogP contribution >= 0.6 is 27.3 Å². The Morgan fingerprint density at radius 3 is 2.82 bits per heavy atom. The zero-order chi connectivity index (χ0) is 12.9. The fraction of sp³-hybridized carbons (Fsp3) is 0.583. The summed E-state index contributed by atoms with van der Waals surface area (Å²) in [6.45, 7) is 5.88. The number of rotatable bonds is 6. The van der Waals surface area contributed by atoms with Crippen LogP contribution in [-0.2, 0) is 14.9 Å². The minimum absolute atomic E-state index is 0.0762. The average Bonchev–Trinajstić information content (AvgIpc) is 2.71. The molecule has 0 bridgehead atoms. The molecule has 0 aliphatic heterocycles. The zero-order valence-corrected chi connectivity index (χ0v) is 12.8. The molecule has 0 aliphatic rings. The molecule has 1 heterocycles. The molecule has 0 saturated heterocycles. The van der Waals surface area contributed by atoms with Crippen LogP contribution in [0.5, 0.6) is 0 Å². The minimum Gasteiger partial charge on any atom is -0.469 e. The lowest BCUT2D eigenvalue weighted by atomic mass is 9.91. The van der Waals surface area contributed by atoms with Gasteiger partial charge >= 0.3 is 5.97 Å². The Balaban J connectivity index is 2.37. The first-order valence-corrected chi connectivity index (χ1v) is 7.15. The number of methoxy groups -OCH3 is 1. The van der Waals surface area contributed by atoms with Gasteiger partial charge < -0.3 is 10.1 Å². The number of ether oxygens (including phenoxy) is 1. The Kier molecular flexibility index (Phi) is 5.62. The summed E-state index contributed by atoms with van der Waals surface area (Å²) in [5.41, 5.74) is 0.0762. The van der Waals surface area contributed by atoms with Crippen LogP contribution in [0.15, 0.2) is 15.9 Å². The summed E-state index contributed by atoms with van der Waals surface area (Å²) in [7, 11) is 1.41. The summed E-state index contributed by atoms with van der Waals surface area (Å²) in [6, 6.07) is 2.15. The van der Waals surface area contributed by atoms with Gasteiger partial charge in [-0.3, -0.25) is 4.79 Å². The van der Waals surface area contributed by atoms with Gasteiger partial charge in [0, 0.05) is 33.2 Å². The van der Waals surface area contributed by atoms with Gasteiger partial charge in [0.25, 0.3) is 0 Å². The monoisotopic (exact) mass is 319 g/mol. The van der Waals surface area contributed by atoms with Gasteiger partial charge in [-0.15, -0.1) is 11.3 Å². The maximum absolute atomic E-state index is 10.9. The molecule has 3 nitrogen and oxygen atoms in total. The van der Waals surface area contributed by atoms with Gasteiger partial charge in [0.15, 0.2) is 0 Å². The Morgan fingerprint density at radius 2 is 2.29 bits per heavy atom. The van der Waals surface area contributed by atoms with Gasteiger partial charge in [0.05, 0.1) is 13.5 Å². The number of hydrogen-bond donors (Lipinski definition) is 1. The van der Waals surface area contributed by atoms with Gasteiger partial charge in [0.1, 0.15) is 0 Å². The second kappa shape index (κ2) is 6.52. The second-order valence-corrected chi connectivity index (χ2v) is 6.34. The van der Waals surface area contributed by atoms with E-state index in [2.05, 4.69) is 51.3 Å². The van der Waals surface area contributed by atoms with Crippen LogP contribution in [0.3, 0.4) is 0 Å². The van der Waals surface area contributed by atoms with Crippen LogP contribution < -0.4 is 5.32 Å². The van der Waals surface area contributed by atoms with Crippen molar-refractivity contribution in [3.8, 4) is 0 Å². The molecule has 0 aliphatic carbocycles. The van der Waals surface area contributed by atoms with E-state index in [9.17, 15) is 4.79 Å². The molecular weight excluding hydrogens is 302 g/mol. The number of esters is 1. The van der Waals surface area contributed by atoms with Crippen molar-refractivity contribution < 1.29 is 9.53 Å². The minimum atomic E-state index is -0.172. The molecule has 0 amide bonds. The highest BCUT2D eigenvalue weighted by atomic mass is 79.9. The number of hydrogen-bond acceptors (Lipinski definition) is 4. The summed E-state index contributed by atoms with van der Waals surface area (Å²) < 4.78 is 5.71. The van der Waals surface area contributed by atoms with Crippen molar-refractivity contribution in [1.29, 1.82) is 0 Å². The van der Waals surface area contributed by atoms with E-state index in [1.54, 1.807) is 11.3 Å². The maximum Gasteiger partial charge on any atom is 0.306 e. The van der Waals surface area contributed by atoms with Crippen molar-refractivity contribution in [3.05, 3.63) is 20.8 Å². The lowest BCUT2D eigenvalue weighted by Crippen LogP contribution is -2.33. The summed E-state index contributed by atoms with van der Waals surface area (Å²) in [5.74, 6) is -0.172. The van der Waals surface area contributed by atoms with E-state index in [0.717, 1.165) is 11.0 Å². The molecule has 1 N–H and O–H groups in total. The molecule has 0 fully saturated rings. The molecule has 0 unspecified atom stereocenters. The molecule has 0 atom stereocenters. The molecule has 0 spiro atoms. The number of nitrogens with one attached hydrogen (secondary N) is 1. The fourth-order valence-corrected chi connectivity index (χ4v) is 3.00. The van der Waals surface area contributed by atoms with Crippen molar-refractivity contribution in [1.82, 2.24) is 5.32 Å². The van der Waals surface area contributed by atoms with Gasteiger partial charge in [-0.2, -0.15) is 0 Å². The maximum atomic E-state index is 10.9. The molecule has 17 heavy (non-hydrogen) atoms.